The van der Waals surface area contributed by atoms with Crippen LogP contribution in [0.3, 0.4) is 0 Å². The highest BCUT2D eigenvalue weighted by atomic mass is 32.2. The number of hydrogen-bond donors (Lipinski definition) is 2. The summed E-state index contributed by atoms with van der Waals surface area (Å²) in [5, 5.41) is 6.48. The quantitative estimate of drug-likeness (QED) is 0.764. The molecule has 0 spiro atoms. The van der Waals surface area contributed by atoms with E-state index in [9.17, 15) is 13.2 Å². The largest absolute Gasteiger partial charge is 0.350 e. The maximum atomic E-state index is 13.2. The standard InChI is InChI=1S/C22H25N3O3S/c1-2-3-13-25-22(26)20(21(29(25,27)28)16-7-5-4-6-8-16)24-19-10-9-18-15-23-12-11-17(18)14-19/h4-10,14,23-24H,2-3,11-13,15H2,1H3. The Balaban J connectivity index is 1.77. The van der Waals surface area contributed by atoms with E-state index in [0.717, 1.165) is 35.9 Å². The zero-order valence-electron chi connectivity index (χ0n) is 16.4. The lowest BCUT2D eigenvalue weighted by Crippen LogP contribution is -2.33. The number of carbonyl (C=O) groups is 1. The Morgan fingerprint density at radius 2 is 1.90 bits per heavy atom. The summed E-state index contributed by atoms with van der Waals surface area (Å²) in [5.74, 6) is -0.489. The van der Waals surface area contributed by atoms with Crippen LogP contribution in [-0.4, -0.2) is 31.7 Å². The summed E-state index contributed by atoms with van der Waals surface area (Å²) in [5.41, 5.74) is 3.82. The molecular formula is C22H25N3O3S. The van der Waals surface area contributed by atoms with E-state index in [0.29, 0.717) is 12.0 Å². The predicted molar refractivity (Wildman–Crippen MR) is 114 cm³/mol. The van der Waals surface area contributed by atoms with E-state index in [1.807, 2.05) is 31.2 Å². The highest BCUT2D eigenvalue weighted by Crippen LogP contribution is 2.36. The predicted octanol–water partition coefficient (Wildman–Crippen LogP) is 3.09. The van der Waals surface area contributed by atoms with Gasteiger partial charge in [-0.05, 0) is 48.2 Å². The number of sulfonamides is 1. The lowest BCUT2D eigenvalue weighted by molar-refractivity contribution is -0.122. The van der Waals surface area contributed by atoms with Crippen molar-refractivity contribution in [3.05, 3.63) is 70.9 Å². The molecule has 0 aliphatic carbocycles. The molecule has 4 rings (SSSR count). The van der Waals surface area contributed by atoms with Crippen LogP contribution in [0.2, 0.25) is 0 Å². The van der Waals surface area contributed by atoms with Gasteiger partial charge in [0.05, 0.1) is 0 Å². The SMILES string of the molecule is CCCCN1C(=O)C(Nc2ccc3c(c2)CCNC3)=C(c2ccccc2)S1(=O)=O. The van der Waals surface area contributed by atoms with Crippen LogP contribution < -0.4 is 10.6 Å². The van der Waals surface area contributed by atoms with Gasteiger partial charge in [0.2, 0.25) is 0 Å². The van der Waals surface area contributed by atoms with Crippen LogP contribution >= 0.6 is 0 Å². The van der Waals surface area contributed by atoms with E-state index in [2.05, 4.69) is 10.6 Å². The molecular weight excluding hydrogens is 386 g/mol. The van der Waals surface area contributed by atoms with E-state index < -0.39 is 15.9 Å². The monoisotopic (exact) mass is 411 g/mol. The molecule has 0 aromatic heterocycles. The van der Waals surface area contributed by atoms with E-state index in [-0.39, 0.29) is 17.1 Å². The van der Waals surface area contributed by atoms with Crippen molar-refractivity contribution in [2.45, 2.75) is 32.7 Å². The van der Waals surface area contributed by atoms with Gasteiger partial charge in [-0.2, -0.15) is 0 Å². The molecule has 29 heavy (non-hydrogen) atoms. The molecule has 2 aromatic carbocycles. The molecule has 6 nitrogen and oxygen atoms in total. The van der Waals surface area contributed by atoms with Crippen LogP contribution in [0.5, 0.6) is 0 Å². The zero-order valence-corrected chi connectivity index (χ0v) is 17.3. The molecule has 2 heterocycles. The topological polar surface area (TPSA) is 78.5 Å². The van der Waals surface area contributed by atoms with Gasteiger partial charge in [0.15, 0.2) is 0 Å². The van der Waals surface area contributed by atoms with E-state index in [4.69, 9.17) is 0 Å². The van der Waals surface area contributed by atoms with Gasteiger partial charge in [0.25, 0.3) is 15.9 Å². The summed E-state index contributed by atoms with van der Waals surface area (Å²) in [6.45, 7) is 3.90. The number of hydrogen-bond acceptors (Lipinski definition) is 5. The Kier molecular flexibility index (Phi) is 5.43. The fourth-order valence-electron chi connectivity index (χ4n) is 3.79. The van der Waals surface area contributed by atoms with Crippen LogP contribution in [0.15, 0.2) is 54.2 Å². The van der Waals surface area contributed by atoms with Crippen molar-refractivity contribution in [1.29, 1.82) is 0 Å². The first-order valence-electron chi connectivity index (χ1n) is 9.98. The fourth-order valence-corrected chi connectivity index (χ4v) is 5.52. The van der Waals surface area contributed by atoms with Crippen molar-refractivity contribution in [3.63, 3.8) is 0 Å². The highest BCUT2D eigenvalue weighted by molar-refractivity contribution is 7.99. The summed E-state index contributed by atoms with van der Waals surface area (Å²) in [7, 11) is -3.90. The minimum absolute atomic E-state index is 0.0543. The Labute approximate surface area is 171 Å². The van der Waals surface area contributed by atoms with E-state index in [1.165, 1.54) is 11.1 Å². The van der Waals surface area contributed by atoms with Gasteiger partial charge in [0.1, 0.15) is 10.6 Å². The summed E-state index contributed by atoms with van der Waals surface area (Å²) in [6.07, 6.45) is 2.35. The maximum Gasteiger partial charge on any atom is 0.285 e. The van der Waals surface area contributed by atoms with Crippen molar-refractivity contribution < 1.29 is 13.2 Å². The molecule has 2 aliphatic rings. The van der Waals surface area contributed by atoms with Crippen LogP contribution in [0.1, 0.15) is 36.5 Å². The van der Waals surface area contributed by atoms with Crippen molar-refractivity contribution >= 4 is 26.5 Å². The van der Waals surface area contributed by atoms with E-state index in [1.54, 1.807) is 24.3 Å². The Morgan fingerprint density at radius 3 is 2.66 bits per heavy atom. The minimum Gasteiger partial charge on any atom is -0.350 e. The van der Waals surface area contributed by atoms with Crippen LogP contribution in [0.4, 0.5) is 5.69 Å². The molecule has 7 heteroatoms. The third-order valence-electron chi connectivity index (χ3n) is 5.33. The number of amides is 1. The van der Waals surface area contributed by atoms with Crippen molar-refractivity contribution in [2.75, 3.05) is 18.4 Å². The molecule has 0 saturated heterocycles. The molecule has 1 amide bonds. The summed E-state index contributed by atoms with van der Waals surface area (Å²) >= 11 is 0. The number of rotatable bonds is 6. The summed E-state index contributed by atoms with van der Waals surface area (Å²) in [6, 6.07) is 14.8. The first-order chi connectivity index (χ1) is 14.0. The Hall–Kier alpha value is -2.64. The van der Waals surface area contributed by atoms with Crippen LogP contribution in [0.25, 0.3) is 4.91 Å². The van der Waals surface area contributed by atoms with E-state index >= 15 is 0 Å². The molecule has 0 radical (unpaired) electrons. The molecule has 2 aromatic rings. The van der Waals surface area contributed by atoms with Crippen LogP contribution in [0, 0.1) is 0 Å². The van der Waals surface area contributed by atoms with Gasteiger partial charge in [-0.15, -0.1) is 0 Å². The molecule has 0 unspecified atom stereocenters. The smallest absolute Gasteiger partial charge is 0.285 e. The van der Waals surface area contributed by atoms with Crippen molar-refractivity contribution in [2.24, 2.45) is 0 Å². The first-order valence-corrected chi connectivity index (χ1v) is 11.4. The second-order valence-corrected chi connectivity index (χ2v) is 9.14. The first kappa shape index (κ1) is 19.7. The second kappa shape index (κ2) is 8.00. The average molecular weight is 412 g/mol. The number of benzene rings is 2. The summed E-state index contributed by atoms with van der Waals surface area (Å²) < 4.78 is 27.5. The van der Waals surface area contributed by atoms with Gasteiger partial charge in [-0.3, -0.25) is 4.79 Å². The molecule has 2 aliphatic heterocycles. The third kappa shape index (κ3) is 3.68. The van der Waals surface area contributed by atoms with Gasteiger partial charge in [0, 0.05) is 18.8 Å². The Morgan fingerprint density at radius 1 is 1.10 bits per heavy atom. The lowest BCUT2D eigenvalue weighted by Gasteiger charge is -2.18. The van der Waals surface area contributed by atoms with Gasteiger partial charge < -0.3 is 10.6 Å². The number of anilines is 1. The third-order valence-corrected chi connectivity index (χ3v) is 7.21. The van der Waals surface area contributed by atoms with Gasteiger partial charge >= 0.3 is 0 Å². The van der Waals surface area contributed by atoms with Crippen molar-refractivity contribution in [3.8, 4) is 0 Å². The lowest BCUT2D eigenvalue weighted by atomic mass is 10.0. The number of unbranched alkanes of at least 4 members (excludes halogenated alkanes) is 1. The fraction of sp³-hybridized carbons (Fsp3) is 0.318. The molecule has 0 atom stereocenters. The molecule has 2 N–H and O–H groups in total. The van der Waals surface area contributed by atoms with Crippen LogP contribution in [-0.2, 0) is 27.8 Å². The molecule has 152 valence electrons. The number of nitrogens with one attached hydrogen (secondary N) is 2. The molecule has 0 fully saturated rings. The molecule has 0 bridgehead atoms. The number of fused-ring (bicyclic) bond motifs is 1. The second-order valence-electron chi connectivity index (χ2n) is 7.34. The zero-order chi connectivity index (χ0) is 20.4. The van der Waals surface area contributed by atoms with Gasteiger partial charge in [-0.25, -0.2) is 12.7 Å². The normalized spacial score (nSPS) is 18.1. The number of nitrogens with zero attached hydrogens (tertiary/aromatic N) is 1. The highest BCUT2D eigenvalue weighted by Gasteiger charge is 2.44. The van der Waals surface area contributed by atoms with Crippen molar-refractivity contribution in [1.82, 2.24) is 9.62 Å². The van der Waals surface area contributed by atoms with Gasteiger partial charge in [-0.1, -0.05) is 49.7 Å². The molecule has 0 saturated carbocycles. The Bertz CT molecular complexity index is 1060. The summed E-state index contributed by atoms with van der Waals surface area (Å²) in [4.78, 5) is 13.2. The maximum absolute atomic E-state index is 13.2. The average Bonchev–Trinajstić information content (AvgIpc) is 2.91. The minimum atomic E-state index is -3.90. The number of carbonyl (C=O) groups excluding carboxylic acids is 1.